The fraction of sp³-hybridized carbons (Fsp3) is 0.333. The minimum atomic E-state index is 0.201. The Balaban J connectivity index is 2.90. The molecule has 0 aliphatic carbocycles. The second-order valence-electron chi connectivity index (χ2n) is 3.15. The zero-order chi connectivity index (χ0) is 11.3. The van der Waals surface area contributed by atoms with Crippen molar-refractivity contribution in [1.82, 2.24) is 5.32 Å². The Morgan fingerprint density at radius 1 is 1.33 bits per heavy atom. The average molecular weight is 242 g/mol. The molecule has 0 aliphatic rings. The van der Waals surface area contributed by atoms with Crippen LogP contribution in [0.4, 0.5) is 0 Å². The van der Waals surface area contributed by atoms with Crippen LogP contribution >= 0.6 is 23.2 Å². The molecule has 0 fully saturated rings. The highest BCUT2D eigenvalue weighted by molar-refractivity contribution is 6.42. The molecular formula is C12H13Cl2N. The molecule has 80 valence electrons. The molecule has 1 aromatic carbocycles. The van der Waals surface area contributed by atoms with Gasteiger partial charge < -0.3 is 5.32 Å². The molecule has 0 heterocycles. The SMILES string of the molecule is CC#CCC(NC)c1ccc(Cl)c(Cl)c1. The molecule has 1 unspecified atom stereocenters. The van der Waals surface area contributed by atoms with Crippen molar-refractivity contribution >= 4 is 23.2 Å². The molecule has 3 heteroatoms. The average Bonchev–Trinajstić information content (AvgIpc) is 2.24. The zero-order valence-corrected chi connectivity index (χ0v) is 10.3. The monoisotopic (exact) mass is 241 g/mol. The van der Waals surface area contributed by atoms with Crippen LogP contribution in [0, 0.1) is 11.8 Å². The third kappa shape index (κ3) is 3.43. The van der Waals surface area contributed by atoms with Gasteiger partial charge in [0, 0.05) is 12.5 Å². The van der Waals surface area contributed by atoms with Crippen LogP contribution in [0.1, 0.15) is 24.9 Å². The predicted octanol–water partition coefficient (Wildman–Crippen LogP) is 3.67. The maximum atomic E-state index is 5.95. The first-order valence-corrected chi connectivity index (χ1v) is 5.46. The van der Waals surface area contributed by atoms with Crippen LogP contribution in [0.3, 0.4) is 0 Å². The van der Waals surface area contributed by atoms with Crippen molar-refractivity contribution in [3.8, 4) is 11.8 Å². The van der Waals surface area contributed by atoms with Gasteiger partial charge in [0.1, 0.15) is 0 Å². The Kier molecular flexibility index (Phi) is 4.98. The van der Waals surface area contributed by atoms with Gasteiger partial charge in [-0.2, -0.15) is 0 Å². The topological polar surface area (TPSA) is 12.0 Å². The van der Waals surface area contributed by atoms with Gasteiger partial charge in [0.25, 0.3) is 0 Å². The molecular weight excluding hydrogens is 229 g/mol. The smallest absolute Gasteiger partial charge is 0.0595 e. The summed E-state index contributed by atoms with van der Waals surface area (Å²) < 4.78 is 0. The Morgan fingerprint density at radius 2 is 2.07 bits per heavy atom. The van der Waals surface area contributed by atoms with Crippen molar-refractivity contribution in [2.24, 2.45) is 0 Å². The lowest BCUT2D eigenvalue weighted by Gasteiger charge is -2.14. The fourth-order valence-electron chi connectivity index (χ4n) is 1.32. The van der Waals surface area contributed by atoms with Gasteiger partial charge in [-0.05, 0) is 31.7 Å². The van der Waals surface area contributed by atoms with Gasteiger partial charge in [0.05, 0.1) is 10.0 Å². The van der Waals surface area contributed by atoms with Crippen molar-refractivity contribution in [2.45, 2.75) is 19.4 Å². The quantitative estimate of drug-likeness (QED) is 0.797. The molecule has 0 aliphatic heterocycles. The van der Waals surface area contributed by atoms with Crippen molar-refractivity contribution in [3.63, 3.8) is 0 Å². The first-order chi connectivity index (χ1) is 7.19. The summed E-state index contributed by atoms with van der Waals surface area (Å²) in [5, 5.41) is 4.36. The van der Waals surface area contributed by atoms with E-state index in [0.717, 1.165) is 12.0 Å². The standard InChI is InChI=1S/C12H13Cl2N/c1-3-4-5-12(15-2)9-6-7-10(13)11(14)8-9/h6-8,12,15H,5H2,1-2H3. The van der Waals surface area contributed by atoms with Crippen LogP contribution in [0.15, 0.2) is 18.2 Å². The number of hydrogen-bond donors (Lipinski definition) is 1. The van der Waals surface area contributed by atoms with E-state index >= 15 is 0 Å². The van der Waals surface area contributed by atoms with E-state index in [9.17, 15) is 0 Å². The van der Waals surface area contributed by atoms with Crippen LogP contribution in [0.2, 0.25) is 10.0 Å². The van der Waals surface area contributed by atoms with Gasteiger partial charge >= 0.3 is 0 Å². The second kappa shape index (κ2) is 6.02. The molecule has 0 spiro atoms. The summed E-state index contributed by atoms with van der Waals surface area (Å²) in [7, 11) is 1.91. The first kappa shape index (κ1) is 12.4. The van der Waals surface area contributed by atoms with Crippen molar-refractivity contribution in [1.29, 1.82) is 0 Å². The molecule has 1 aromatic rings. The van der Waals surface area contributed by atoms with E-state index in [1.165, 1.54) is 0 Å². The van der Waals surface area contributed by atoms with Crippen molar-refractivity contribution < 1.29 is 0 Å². The summed E-state index contributed by atoms with van der Waals surface area (Å²) >= 11 is 11.8. The summed E-state index contributed by atoms with van der Waals surface area (Å²) in [5.41, 5.74) is 1.11. The van der Waals surface area contributed by atoms with Crippen LogP contribution in [-0.4, -0.2) is 7.05 Å². The number of benzene rings is 1. The Bertz CT molecular complexity index is 390. The predicted molar refractivity (Wildman–Crippen MR) is 66.3 cm³/mol. The minimum absolute atomic E-state index is 0.201. The van der Waals surface area contributed by atoms with Crippen molar-refractivity contribution in [2.75, 3.05) is 7.05 Å². The molecule has 0 aromatic heterocycles. The van der Waals surface area contributed by atoms with Gasteiger partial charge in [0.15, 0.2) is 0 Å². The van der Waals surface area contributed by atoms with E-state index in [-0.39, 0.29) is 6.04 Å². The highest BCUT2D eigenvalue weighted by Gasteiger charge is 2.09. The van der Waals surface area contributed by atoms with Gasteiger partial charge in [-0.15, -0.1) is 11.8 Å². The molecule has 1 atom stereocenters. The molecule has 1 rings (SSSR count). The summed E-state index contributed by atoms with van der Waals surface area (Å²) in [6.45, 7) is 1.83. The normalized spacial score (nSPS) is 11.7. The second-order valence-corrected chi connectivity index (χ2v) is 3.96. The maximum Gasteiger partial charge on any atom is 0.0595 e. The maximum absolute atomic E-state index is 5.95. The Labute approximate surface area is 101 Å². The fourth-order valence-corrected chi connectivity index (χ4v) is 1.63. The Hall–Kier alpha value is -0.680. The number of halogens is 2. The molecule has 1 N–H and O–H groups in total. The third-order valence-corrected chi connectivity index (χ3v) is 2.92. The van der Waals surface area contributed by atoms with Crippen LogP contribution in [0.25, 0.3) is 0 Å². The summed E-state index contributed by atoms with van der Waals surface area (Å²) in [4.78, 5) is 0. The number of hydrogen-bond acceptors (Lipinski definition) is 1. The van der Waals surface area contributed by atoms with Crippen molar-refractivity contribution in [3.05, 3.63) is 33.8 Å². The zero-order valence-electron chi connectivity index (χ0n) is 8.77. The van der Waals surface area contributed by atoms with E-state index in [0.29, 0.717) is 10.0 Å². The van der Waals surface area contributed by atoms with Gasteiger partial charge in [0.2, 0.25) is 0 Å². The first-order valence-electron chi connectivity index (χ1n) is 4.71. The highest BCUT2D eigenvalue weighted by Crippen LogP contribution is 2.26. The third-order valence-electron chi connectivity index (χ3n) is 2.18. The molecule has 0 radical (unpaired) electrons. The van der Waals surface area contributed by atoms with E-state index in [2.05, 4.69) is 17.2 Å². The lowest BCUT2D eigenvalue weighted by atomic mass is 10.0. The van der Waals surface area contributed by atoms with E-state index < -0.39 is 0 Å². The molecule has 0 saturated carbocycles. The number of rotatable bonds is 3. The Morgan fingerprint density at radius 3 is 2.60 bits per heavy atom. The van der Waals surface area contributed by atoms with Gasteiger partial charge in [-0.3, -0.25) is 0 Å². The van der Waals surface area contributed by atoms with E-state index in [1.807, 2.05) is 32.2 Å². The molecule has 0 amide bonds. The molecule has 0 saturated heterocycles. The van der Waals surface area contributed by atoms with Gasteiger partial charge in [-0.1, -0.05) is 29.3 Å². The highest BCUT2D eigenvalue weighted by atomic mass is 35.5. The molecule has 1 nitrogen and oxygen atoms in total. The lowest BCUT2D eigenvalue weighted by molar-refractivity contribution is 0.611. The lowest BCUT2D eigenvalue weighted by Crippen LogP contribution is -2.15. The van der Waals surface area contributed by atoms with Gasteiger partial charge in [-0.25, -0.2) is 0 Å². The van der Waals surface area contributed by atoms with E-state index in [1.54, 1.807) is 0 Å². The van der Waals surface area contributed by atoms with E-state index in [4.69, 9.17) is 23.2 Å². The van der Waals surface area contributed by atoms with Crippen LogP contribution in [0.5, 0.6) is 0 Å². The van der Waals surface area contributed by atoms with Crippen LogP contribution in [-0.2, 0) is 0 Å². The summed E-state index contributed by atoms with van der Waals surface area (Å²) in [5.74, 6) is 5.92. The largest absolute Gasteiger partial charge is 0.312 e. The molecule has 0 bridgehead atoms. The van der Waals surface area contributed by atoms with Crippen LogP contribution < -0.4 is 5.32 Å². The summed E-state index contributed by atoms with van der Waals surface area (Å²) in [6, 6.07) is 5.85. The number of nitrogens with one attached hydrogen (secondary N) is 1. The minimum Gasteiger partial charge on any atom is -0.312 e. The molecule has 15 heavy (non-hydrogen) atoms. The summed E-state index contributed by atoms with van der Waals surface area (Å²) in [6.07, 6.45) is 0.769.